The molecule has 0 saturated heterocycles. The van der Waals surface area contributed by atoms with Crippen LogP contribution < -0.4 is 10.0 Å². The van der Waals surface area contributed by atoms with Crippen LogP contribution in [0.4, 0.5) is 0 Å². The van der Waals surface area contributed by atoms with Crippen molar-refractivity contribution in [3.05, 3.63) is 65.7 Å². The SMILES string of the molecule is CNC(=O)c1ccc(S(=O)(=O)NCC2(c3ccccc3)CCC2)cc1. The average Bonchev–Trinajstić information content (AvgIpc) is 2.61. The maximum atomic E-state index is 12.6. The lowest BCUT2D eigenvalue weighted by Crippen LogP contribution is -2.45. The monoisotopic (exact) mass is 358 g/mol. The minimum Gasteiger partial charge on any atom is -0.355 e. The number of amides is 1. The summed E-state index contributed by atoms with van der Waals surface area (Å²) in [5.41, 5.74) is 1.50. The highest BCUT2D eigenvalue weighted by Gasteiger charge is 2.39. The molecular formula is C19H22N2O3S. The minimum absolute atomic E-state index is 0.115. The molecule has 0 atom stereocenters. The molecule has 0 bridgehead atoms. The fourth-order valence-corrected chi connectivity index (χ4v) is 4.34. The third kappa shape index (κ3) is 3.60. The van der Waals surface area contributed by atoms with E-state index in [1.54, 1.807) is 0 Å². The second-order valence-electron chi connectivity index (χ2n) is 6.43. The van der Waals surface area contributed by atoms with Crippen molar-refractivity contribution in [2.75, 3.05) is 13.6 Å². The predicted molar refractivity (Wildman–Crippen MR) is 97.0 cm³/mol. The Morgan fingerprint density at radius 3 is 2.20 bits per heavy atom. The van der Waals surface area contributed by atoms with Crippen LogP contribution in [0, 0.1) is 0 Å². The van der Waals surface area contributed by atoms with Gasteiger partial charge in [-0.3, -0.25) is 4.79 Å². The number of carbonyl (C=O) groups excluding carboxylic acids is 1. The van der Waals surface area contributed by atoms with E-state index < -0.39 is 10.0 Å². The Morgan fingerprint density at radius 1 is 1.04 bits per heavy atom. The summed E-state index contributed by atoms with van der Waals surface area (Å²) < 4.78 is 27.9. The molecule has 1 amide bonds. The summed E-state index contributed by atoms with van der Waals surface area (Å²) in [6.07, 6.45) is 3.07. The summed E-state index contributed by atoms with van der Waals surface area (Å²) in [6.45, 7) is 0.385. The molecule has 1 saturated carbocycles. The molecule has 0 aromatic heterocycles. The van der Waals surface area contributed by atoms with Crippen LogP contribution in [-0.2, 0) is 15.4 Å². The fraction of sp³-hybridized carbons (Fsp3) is 0.316. The molecule has 2 aromatic carbocycles. The van der Waals surface area contributed by atoms with Crippen LogP contribution in [0.1, 0.15) is 35.2 Å². The zero-order valence-corrected chi connectivity index (χ0v) is 15.0. The Hall–Kier alpha value is -2.18. The molecule has 2 N–H and O–H groups in total. The smallest absolute Gasteiger partial charge is 0.251 e. The minimum atomic E-state index is -3.61. The highest BCUT2D eigenvalue weighted by atomic mass is 32.2. The van der Waals surface area contributed by atoms with Gasteiger partial charge in [0.25, 0.3) is 5.91 Å². The molecule has 0 radical (unpaired) electrons. The van der Waals surface area contributed by atoms with Gasteiger partial charge < -0.3 is 5.32 Å². The zero-order valence-electron chi connectivity index (χ0n) is 14.2. The Bertz CT molecular complexity index is 842. The first-order chi connectivity index (χ1) is 12.0. The van der Waals surface area contributed by atoms with Crippen LogP contribution in [0.5, 0.6) is 0 Å². The number of carbonyl (C=O) groups is 1. The van der Waals surface area contributed by atoms with Gasteiger partial charge in [-0.1, -0.05) is 36.8 Å². The molecule has 1 aliphatic carbocycles. The van der Waals surface area contributed by atoms with Crippen molar-refractivity contribution in [3.8, 4) is 0 Å². The molecular weight excluding hydrogens is 336 g/mol. The molecule has 1 aliphatic rings. The van der Waals surface area contributed by atoms with E-state index >= 15 is 0 Å². The molecule has 0 unspecified atom stereocenters. The number of sulfonamides is 1. The Kier molecular flexibility index (Phi) is 4.92. The van der Waals surface area contributed by atoms with E-state index in [0.717, 1.165) is 19.3 Å². The van der Waals surface area contributed by atoms with E-state index in [-0.39, 0.29) is 16.2 Å². The van der Waals surface area contributed by atoms with Crippen LogP contribution in [-0.4, -0.2) is 27.9 Å². The largest absolute Gasteiger partial charge is 0.355 e. The van der Waals surface area contributed by atoms with Gasteiger partial charge in [0.2, 0.25) is 10.0 Å². The number of hydrogen-bond donors (Lipinski definition) is 2. The van der Waals surface area contributed by atoms with Gasteiger partial charge in [0, 0.05) is 24.6 Å². The molecule has 1 fully saturated rings. The second kappa shape index (κ2) is 6.98. The average molecular weight is 358 g/mol. The molecule has 5 nitrogen and oxygen atoms in total. The lowest BCUT2D eigenvalue weighted by atomic mass is 9.64. The fourth-order valence-electron chi connectivity index (χ4n) is 3.21. The highest BCUT2D eigenvalue weighted by Crippen LogP contribution is 2.43. The molecule has 2 aromatic rings. The maximum Gasteiger partial charge on any atom is 0.251 e. The lowest BCUT2D eigenvalue weighted by molar-refractivity contribution is 0.0963. The third-order valence-electron chi connectivity index (χ3n) is 4.95. The number of nitrogens with one attached hydrogen (secondary N) is 2. The molecule has 25 heavy (non-hydrogen) atoms. The predicted octanol–water partition coefficient (Wildman–Crippen LogP) is 2.45. The summed E-state index contributed by atoms with van der Waals surface area (Å²) in [4.78, 5) is 11.7. The zero-order chi connectivity index (χ0) is 17.9. The quantitative estimate of drug-likeness (QED) is 0.833. The van der Waals surface area contributed by atoms with Crippen molar-refractivity contribution in [1.29, 1.82) is 0 Å². The standard InChI is InChI=1S/C19H22N2O3S/c1-20-18(22)15-8-10-17(11-9-15)25(23,24)21-14-19(12-5-13-19)16-6-3-2-4-7-16/h2-4,6-11,21H,5,12-14H2,1H3,(H,20,22). The van der Waals surface area contributed by atoms with Crippen molar-refractivity contribution in [1.82, 2.24) is 10.0 Å². The number of rotatable bonds is 6. The van der Waals surface area contributed by atoms with Crippen LogP contribution in [0.15, 0.2) is 59.5 Å². The van der Waals surface area contributed by atoms with E-state index in [0.29, 0.717) is 12.1 Å². The van der Waals surface area contributed by atoms with Gasteiger partial charge >= 0.3 is 0 Å². The molecule has 6 heteroatoms. The van der Waals surface area contributed by atoms with Crippen molar-refractivity contribution in [3.63, 3.8) is 0 Å². The van der Waals surface area contributed by atoms with Crippen molar-refractivity contribution in [2.24, 2.45) is 0 Å². The van der Waals surface area contributed by atoms with Gasteiger partial charge in [-0.05, 0) is 42.7 Å². The van der Waals surface area contributed by atoms with Crippen LogP contribution in [0.25, 0.3) is 0 Å². The first-order valence-electron chi connectivity index (χ1n) is 8.34. The van der Waals surface area contributed by atoms with Gasteiger partial charge in [-0.2, -0.15) is 0 Å². The van der Waals surface area contributed by atoms with Crippen molar-refractivity contribution in [2.45, 2.75) is 29.6 Å². The Labute approximate surface area is 148 Å². The summed E-state index contributed by atoms with van der Waals surface area (Å²) in [5.74, 6) is -0.241. The first kappa shape index (κ1) is 17.6. The summed E-state index contributed by atoms with van der Waals surface area (Å²) in [7, 11) is -2.07. The lowest BCUT2D eigenvalue weighted by Gasteiger charge is -2.42. The summed E-state index contributed by atoms with van der Waals surface area (Å²) in [6, 6.07) is 16.0. The molecule has 0 aliphatic heterocycles. The topological polar surface area (TPSA) is 75.3 Å². The third-order valence-corrected chi connectivity index (χ3v) is 6.37. The number of hydrogen-bond acceptors (Lipinski definition) is 3. The van der Waals surface area contributed by atoms with E-state index in [1.165, 1.54) is 36.9 Å². The van der Waals surface area contributed by atoms with Crippen molar-refractivity contribution < 1.29 is 13.2 Å². The van der Waals surface area contributed by atoms with Crippen LogP contribution in [0.2, 0.25) is 0 Å². The summed E-state index contributed by atoms with van der Waals surface area (Å²) in [5, 5.41) is 2.51. The molecule has 0 heterocycles. The van der Waals surface area contributed by atoms with Crippen molar-refractivity contribution >= 4 is 15.9 Å². The van der Waals surface area contributed by atoms with E-state index in [2.05, 4.69) is 22.2 Å². The Balaban J connectivity index is 1.74. The van der Waals surface area contributed by atoms with Gasteiger partial charge in [0.15, 0.2) is 0 Å². The second-order valence-corrected chi connectivity index (χ2v) is 8.19. The highest BCUT2D eigenvalue weighted by molar-refractivity contribution is 7.89. The molecule has 132 valence electrons. The maximum absolute atomic E-state index is 12.6. The van der Waals surface area contributed by atoms with Crippen LogP contribution >= 0.6 is 0 Å². The van der Waals surface area contributed by atoms with Gasteiger partial charge in [0.1, 0.15) is 0 Å². The first-order valence-corrected chi connectivity index (χ1v) is 9.83. The number of benzene rings is 2. The van der Waals surface area contributed by atoms with Gasteiger partial charge in [-0.25, -0.2) is 13.1 Å². The van der Waals surface area contributed by atoms with E-state index in [1.807, 2.05) is 18.2 Å². The summed E-state index contributed by atoms with van der Waals surface area (Å²) >= 11 is 0. The normalized spacial score (nSPS) is 16.0. The van der Waals surface area contributed by atoms with Crippen LogP contribution in [0.3, 0.4) is 0 Å². The van der Waals surface area contributed by atoms with Gasteiger partial charge in [-0.15, -0.1) is 0 Å². The van der Waals surface area contributed by atoms with E-state index in [4.69, 9.17) is 0 Å². The van der Waals surface area contributed by atoms with E-state index in [9.17, 15) is 13.2 Å². The Morgan fingerprint density at radius 2 is 1.68 bits per heavy atom. The molecule has 3 rings (SSSR count). The van der Waals surface area contributed by atoms with Gasteiger partial charge in [0.05, 0.1) is 4.90 Å². The molecule has 0 spiro atoms.